The fourth-order valence-electron chi connectivity index (χ4n) is 2.70. The summed E-state index contributed by atoms with van der Waals surface area (Å²) >= 11 is 0. The van der Waals surface area contributed by atoms with Gasteiger partial charge in [-0.3, -0.25) is 4.90 Å². The Morgan fingerprint density at radius 3 is 2.79 bits per heavy atom. The number of β-amino-alcohol motifs (C(OH)–C–C–N with tert-alkyl or cyclic N) is 1. The molecular formula is C15H24N2O2. The number of rotatable bonds is 4. The molecule has 0 unspecified atom stereocenters. The smallest absolute Gasteiger partial charge is 0.123 e. The van der Waals surface area contributed by atoms with Crippen LogP contribution in [0.1, 0.15) is 12.5 Å². The van der Waals surface area contributed by atoms with E-state index < -0.39 is 0 Å². The van der Waals surface area contributed by atoms with E-state index in [2.05, 4.69) is 41.8 Å². The van der Waals surface area contributed by atoms with E-state index in [0.29, 0.717) is 6.04 Å². The molecule has 0 radical (unpaired) electrons. The number of methoxy groups -OCH3 is 1. The molecule has 4 heteroatoms. The summed E-state index contributed by atoms with van der Waals surface area (Å²) in [5.74, 6) is 0.947. The lowest BCUT2D eigenvalue weighted by molar-refractivity contribution is 0.146. The average Bonchev–Trinajstić information content (AvgIpc) is 2.42. The van der Waals surface area contributed by atoms with Crippen LogP contribution in [0.5, 0.6) is 5.75 Å². The molecular weight excluding hydrogens is 240 g/mol. The molecule has 2 rings (SSSR count). The second kappa shape index (κ2) is 6.26. The third-order valence-corrected chi connectivity index (χ3v) is 3.91. The first-order chi connectivity index (χ1) is 9.15. The van der Waals surface area contributed by atoms with Gasteiger partial charge in [-0.25, -0.2) is 0 Å². The Balaban J connectivity index is 2.07. The van der Waals surface area contributed by atoms with Gasteiger partial charge >= 0.3 is 0 Å². The molecule has 1 heterocycles. The molecule has 1 saturated heterocycles. The monoisotopic (exact) mass is 264 g/mol. The van der Waals surface area contributed by atoms with Crippen molar-refractivity contribution in [3.8, 4) is 5.75 Å². The second-order valence-electron chi connectivity index (χ2n) is 5.21. The number of aliphatic hydroxyl groups is 1. The number of aryl methyl sites for hydroxylation is 1. The molecule has 1 aliphatic rings. The molecule has 0 aliphatic carbocycles. The van der Waals surface area contributed by atoms with Gasteiger partial charge in [-0.1, -0.05) is 6.07 Å². The molecule has 0 spiro atoms. The molecule has 1 aromatic carbocycles. The van der Waals surface area contributed by atoms with Crippen LogP contribution in [0, 0.1) is 6.92 Å². The predicted molar refractivity (Wildman–Crippen MR) is 78.1 cm³/mol. The fraction of sp³-hybridized carbons (Fsp3) is 0.600. The van der Waals surface area contributed by atoms with Crippen molar-refractivity contribution < 1.29 is 9.84 Å². The van der Waals surface area contributed by atoms with Crippen LogP contribution in [-0.2, 0) is 0 Å². The van der Waals surface area contributed by atoms with Gasteiger partial charge in [0.2, 0.25) is 0 Å². The van der Waals surface area contributed by atoms with Crippen molar-refractivity contribution in [3.05, 3.63) is 23.8 Å². The van der Waals surface area contributed by atoms with Crippen molar-refractivity contribution in [3.63, 3.8) is 0 Å². The molecule has 1 aromatic rings. The van der Waals surface area contributed by atoms with Gasteiger partial charge in [0, 0.05) is 44.0 Å². The summed E-state index contributed by atoms with van der Waals surface area (Å²) in [5.41, 5.74) is 2.39. The molecule has 106 valence electrons. The maximum absolute atomic E-state index is 9.05. The molecule has 1 aliphatic heterocycles. The molecule has 0 saturated carbocycles. The standard InChI is InChI=1S/C15H24N2O2/c1-12-4-5-14(10-15(12)19-3)17-7-6-16(8-9-18)13(2)11-17/h4-5,10,13,18H,6-9,11H2,1-3H3/t13-/m0/s1. The van der Waals surface area contributed by atoms with Gasteiger partial charge in [0.05, 0.1) is 13.7 Å². The molecule has 4 nitrogen and oxygen atoms in total. The third-order valence-electron chi connectivity index (χ3n) is 3.91. The van der Waals surface area contributed by atoms with Crippen molar-refractivity contribution in [2.24, 2.45) is 0 Å². The largest absolute Gasteiger partial charge is 0.496 e. The Labute approximate surface area is 115 Å². The number of ether oxygens (including phenoxy) is 1. The van der Waals surface area contributed by atoms with Gasteiger partial charge in [-0.05, 0) is 25.5 Å². The Kier molecular flexibility index (Phi) is 4.66. The molecule has 1 N–H and O–H groups in total. The molecule has 1 atom stereocenters. The Morgan fingerprint density at radius 1 is 1.37 bits per heavy atom. The summed E-state index contributed by atoms with van der Waals surface area (Å²) < 4.78 is 5.39. The highest BCUT2D eigenvalue weighted by atomic mass is 16.5. The Hall–Kier alpha value is -1.26. The van der Waals surface area contributed by atoms with Crippen LogP contribution in [0.3, 0.4) is 0 Å². The minimum atomic E-state index is 0.239. The van der Waals surface area contributed by atoms with Gasteiger partial charge in [0.15, 0.2) is 0 Å². The first-order valence-corrected chi connectivity index (χ1v) is 6.90. The lowest BCUT2D eigenvalue weighted by atomic mass is 10.1. The quantitative estimate of drug-likeness (QED) is 0.894. The summed E-state index contributed by atoms with van der Waals surface area (Å²) in [4.78, 5) is 4.72. The molecule has 0 bridgehead atoms. The number of hydrogen-bond acceptors (Lipinski definition) is 4. The van der Waals surface area contributed by atoms with E-state index in [1.54, 1.807) is 7.11 Å². The number of aliphatic hydroxyl groups excluding tert-OH is 1. The number of benzene rings is 1. The summed E-state index contributed by atoms with van der Waals surface area (Å²) in [6, 6.07) is 6.85. The minimum Gasteiger partial charge on any atom is -0.496 e. The van der Waals surface area contributed by atoms with Gasteiger partial charge in [-0.15, -0.1) is 0 Å². The van der Waals surface area contributed by atoms with Crippen molar-refractivity contribution in [2.45, 2.75) is 19.9 Å². The topological polar surface area (TPSA) is 35.9 Å². The maximum Gasteiger partial charge on any atom is 0.123 e. The SMILES string of the molecule is COc1cc(N2CCN(CCO)[C@@H](C)C2)ccc1C. The van der Waals surface area contributed by atoms with Crippen LogP contribution in [-0.4, -0.2) is 55.9 Å². The zero-order valence-corrected chi connectivity index (χ0v) is 12.1. The van der Waals surface area contributed by atoms with Crippen LogP contribution < -0.4 is 9.64 Å². The summed E-state index contributed by atoms with van der Waals surface area (Å²) in [7, 11) is 1.72. The van der Waals surface area contributed by atoms with Gasteiger partial charge in [0.1, 0.15) is 5.75 Å². The normalized spacial score (nSPS) is 20.6. The van der Waals surface area contributed by atoms with Crippen LogP contribution in [0.25, 0.3) is 0 Å². The Bertz CT molecular complexity index is 423. The van der Waals surface area contributed by atoms with E-state index in [1.807, 2.05) is 0 Å². The highest BCUT2D eigenvalue weighted by Gasteiger charge is 2.23. The molecule has 0 aromatic heterocycles. The van der Waals surface area contributed by atoms with Crippen molar-refractivity contribution in [2.75, 3.05) is 44.8 Å². The van der Waals surface area contributed by atoms with Gasteiger partial charge < -0.3 is 14.7 Å². The number of anilines is 1. The first-order valence-electron chi connectivity index (χ1n) is 6.90. The predicted octanol–water partition coefficient (Wildman–Crippen LogP) is 1.51. The zero-order chi connectivity index (χ0) is 13.8. The van der Waals surface area contributed by atoms with E-state index >= 15 is 0 Å². The molecule has 19 heavy (non-hydrogen) atoms. The van der Waals surface area contributed by atoms with Gasteiger partial charge in [0.25, 0.3) is 0 Å². The van der Waals surface area contributed by atoms with E-state index in [4.69, 9.17) is 9.84 Å². The highest BCUT2D eigenvalue weighted by molar-refractivity contribution is 5.54. The highest BCUT2D eigenvalue weighted by Crippen LogP contribution is 2.26. The third kappa shape index (κ3) is 3.19. The van der Waals surface area contributed by atoms with E-state index in [0.717, 1.165) is 31.9 Å². The maximum atomic E-state index is 9.05. The van der Waals surface area contributed by atoms with Crippen LogP contribution in [0.15, 0.2) is 18.2 Å². The van der Waals surface area contributed by atoms with Crippen molar-refractivity contribution in [1.82, 2.24) is 4.90 Å². The summed E-state index contributed by atoms with van der Waals surface area (Å²) in [5, 5.41) is 9.05. The molecule has 0 amide bonds. The zero-order valence-electron chi connectivity index (χ0n) is 12.1. The van der Waals surface area contributed by atoms with Crippen molar-refractivity contribution >= 4 is 5.69 Å². The average molecular weight is 264 g/mol. The molecule has 1 fully saturated rings. The minimum absolute atomic E-state index is 0.239. The van der Waals surface area contributed by atoms with E-state index in [9.17, 15) is 0 Å². The number of nitrogens with zero attached hydrogens (tertiary/aromatic N) is 2. The lowest BCUT2D eigenvalue weighted by Gasteiger charge is -2.40. The van der Waals surface area contributed by atoms with Crippen LogP contribution in [0.2, 0.25) is 0 Å². The second-order valence-corrected chi connectivity index (χ2v) is 5.21. The van der Waals surface area contributed by atoms with Crippen molar-refractivity contribution in [1.29, 1.82) is 0 Å². The lowest BCUT2D eigenvalue weighted by Crippen LogP contribution is -2.52. The summed E-state index contributed by atoms with van der Waals surface area (Å²) in [6.45, 7) is 8.27. The number of piperazine rings is 1. The van der Waals surface area contributed by atoms with Crippen LogP contribution >= 0.6 is 0 Å². The van der Waals surface area contributed by atoms with E-state index in [1.165, 1.54) is 11.3 Å². The van der Waals surface area contributed by atoms with Crippen LogP contribution in [0.4, 0.5) is 5.69 Å². The summed E-state index contributed by atoms with van der Waals surface area (Å²) in [6.07, 6.45) is 0. The Morgan fingerprint density at radius 2 is 2.16 bits per heavy atom. The first kappa shape index (κ1) is 14.2. The van der Waals surface area contributed by atoms with Gasteiger partial charge in [-0.2, -0.15) is 0 Å². The fourth-order valence-corrected chi connectivity index (χ4v) is 2.70. The van der Waals surface area contributed by atoms with E-state index in [-0.39, 0.29) is 6.61 Å². The number of hydrogen-bond donors (Lipinski definition) is 1.